The molecule has 1 unspecified atom stereocenters. The summed E-state index contributed by atoms with van der Waals surface area (Å²) < 4.78 is 67.1. The van der Waals surface area contributed by atoms with Crippen molar-refractivity contribution in [3.05, 3.63) is 23.0 Å². The monoisotopic (exact) mass is 734 g/mol. The number of ether oxygens (including phenoxy) is 3. The van der Waals surface area contributed by atoms with Crippen LogP contribution in [0.5, 0.6) is 0 Å². The minimum Gasteiger partial charge on any atom is -0.438 e. The lowest BCUT2D eigenvalue weighted by Crippen LogP contribution is -2.36. The number of sulfone groups is 1. The van der Waals surface area contributed by atoms with Gasteiger partial charge in [0, 0.05) is 17.6 Å². The molecule has 48 heavy (non-hydrogen) atoms. The first kappa shape index (κ1) is 38.0. The van der Waals surface area contributed by atoms with Crippen molar-refractivity contribution in [2.24, 2.45) is 11.8 Å². The van der Waals surface area contributed by atoms with E-state index in [4.69, 9.17) is 34.9 Å². The Balaban J connectivity index is 1.52. The molecule has 0 amide bonds. The number of nitrogens with one attached hydrogen (secondary N) is 1. The van der Waals surface area contributed by atoms with E-state index in [2.05, 4.69) is 16.4 Å². The molecular formula is C29H40ClN4O12PS. The number of halogens is 1. The van der Waals surface area contributed by atoms with Gasteiger partial charge in [0.25, 0.3) is 0 Å². The Hall–Kier alpha value is -2.81. The lowest BCUT2D eigenvalue weighted by molar-refractivity contribution is -0.156. The number of nitriles is 1. The molecule has 2 aliphatic rings. The average Bonchev–Trinajstić information content (AvgIpc) is 3.73. The molecule has 0 aromatic carbocycles. The van der Waals surface area contributed by atoms with E-state index < -0.39 is 90.6 Å². The van der Waals surface area contributed by atoms with Gasteiger partial charge >= 0.3 is 19.5 Å². The Morgan fingerprint density at radius 2 is 1.71 bits per heavy atom. The molecule has 3 heterocycles. The molecule has 4 rings (SSSR count). The fourth-order valence-corrected chi connectivity index (χ4v) is 9.72. The van der Waals surface area contributed by atoms with Crippen molar-refractivity contribution in [3.8, 4) is 6.07 Å². The maximum absolute atomic E-state index is 13.5. The Labute approximate surface area is 283 Å². The summed E-state index contributed by atoms with van der Waals surface area (Å²) in [7, 11) is -9.10. The van der Waals surface area contributed by atoms with Crippen LogP contribution < -0.4 is 5.32 Å². The molecule has 4 atom stereocenters. The summed E-state index contributed by atoms with van der Waals surface area (Å²) in [6.45, 7) is 4.35. The normalized spacial score (nSPS) is 22.0. The van der Waals surface area contributed by atoms with Gasteiger partial charge in [0.1, 0.15) is 35.6 Å². The van der Waals surface area contributed by atoms with Gasteiger partial charge in [0.15, 0.2) is 26.7 Å². The molecule has 1 aliphatic heterocycles. The van der Waals surface area contributed by atoms with Crippen LogP contribution in [0, 0.1) is 23.2 Å². The molecule has 16 nitrogen and oxygen atoms in total. The van der Waals surface area contributed by atoms with Crippen LogP contribution in [-0.2, 0) is 47.2 Å². The third kappa shape index (κ3) is 9.05. The van der Waals surface area contributed by atoms with Crippen molar-refractivity contribution in [2.45, 2.75) is 84.0 Å². The van der Waals surface area contributed by atoms with E-state index in [1.165, 1.54) is 10.8 Å². The van der Waals surface area contributed by atoms with Gasteiger partial charge < -0.3 is 34.3 Å². The third-order valence-electron chi connectivity index (χ3n) is 7.86. The number of carbonyl (C=O) groups is 2. The van der Waals surface area contributed by atoms with E-state index in [0.29, 0.717) is 11.1 Å². The molecular weight excluding hydrogens is 695 g/mol. The summed E-state index contributed by atoms with van der Waals surface area (Å²) >= 11 is 6.39. The zero-order valence-electron chi connectivity index (χ0n) is 26.9. The molecule has 3 N–H and O–H groups in total. The maximum atomic E-state index is 13.5. The molecule has 1 saturated carbocycles. The van der Waals surface area contributed by atoms with Gasteiger partial charge in [-0.1, -0.05) is 52.1 Å². The summed E-state index contributed by atoms with van der Waals surface area (Å²) in [5.74, 6) is -3.47. The molecule has 1 aliphatic carbocycles. The SMILES string of the molecule is CC(C)C(=O)OCOP(=O)(CS(=O)(=O)C[C@H]1OC(n2ccc3c(NC4CCCC4)c(C#N)c(Cl)nc32)[C@H](O)[C@@H]1O)OCOC(=O)C(C)C. The largest absolute Gasteiger partial charge is 0.438 e. The lowest BCUT2D eigenvalue weighted by Gasteiger charge is -2.21. The number of rotatable bonds is 15. The fraction of sp³-hybridized carbons (Fsp3) is 0.655. The van der Waals surface area contributed by atoms with Crippen molar-refractivity contribution < 1.29 is 56.0 Å². The average molecular weight is 735 g/mol. The summed E-state index contributed by atoms with van der Waals surface area (Å²) in [6, 6.07) is 3.85. The lowest BCUT2D eigenvalue weighted by atomic mass is 10.1. The number of aromatic nitrogens is 2. The number of esters is 2. The van der Waals surface area contributed by atoms with Gasteiger partial charge in [-0.25, -0.2) is 13.4 Å². The van der Waals surface area contributed by atoms with Gasteiger partial charge in [-0.05, 0) is 18.9 Å². The highest BCUT2D eigenvalue weighted by molar-refractivity contribution is 7.97. The number of carbonyl (C=O) groups excluding carboxylic acids is 2. The second-order valence-corrected chi connectivity index (χ2v) is 17.2. The van der Waals surface area contributed by atoms with Gasteiger partial charge in [-0.3, -0.25) is 23.2 Å². The number of fused-ring (bicyclic) bond motifs is 1. The van der Waals surface area contributed by atoms with E-state index in [-0.39, 0.29) is 22.4 Å². The highest BCUT2D eigenvalue weighted by Gasteiger charge is 2.47. The number of hydrogen-bond acceptors (Lipinski definition) is 15. The third-order valence-corrected chi connectivity index (χ3v) is 12.8. The molecule has 19 heteroatoms. The van der Waals surface area contributed by atoms with E-state index in [1.807, 2.05) is 0 Å². The summed E-state index contributed by atoms with van der Waals surface area (Å²) in [6.07, 6.45) is -0.763. The highest BCUT2D eigenvalue weighted by Crippen LogP contribution is 2.50. The smallest absolute Gasteiger partial charge is 0.351 e. The quantitative estimate of drug-likeness (QED) is 0.103. The Bertz CT molecular complexity index is 1660. The topological polar surface area (TPSA) is 226 Å². The molecule has 266 valence electrons. The minimum atomic E-state index is -4.64. The molecule has 2 aromatic rings. The molecule has 2 fully saturated rings. The molecule has 1 saturated heterocycles. The molecule has 0 spiro atoms. The number of pyridine rings is 1. The van der Waals surface area contributed by atoms with Crippen molar-refractivity contribution in [2.75, 3.05) is 30.1 Å². The Morgan fingerprint density at radius 3 is 2.25 bits per heavy atom. The van der Waals surface area contributed by atoms with E-state index in [9.17, 15) is 38.0 Å². The predicted molar refractivity (Wildman–Crippen MR) is 171 cm³/mol. The number of aliphatic hydroxyl groups excluding tert-OH is 2. The van der Waals surface area contributed by atoms with E-state index >= 15 is 0 Å². The van der Waals surface area contributed by atoms with Crippen molar-refractivity contribution in [1.82, 2.24) is 9.55 Å². The number of nitrogens with zero attached hydrogens (tertiary/aromatic N) is 3. The first-order chi connectivity index (χ1) is 22.6. The summed E-state index contributed by atoms with van der Waals surface area (Å²) in [5.41, 5.74) is -0.420. The van der Waals surface area contributed by atoms with Gasteiger partial charge in [0.2, 0.25) is 13.6 Å². The first-order valence-electron chi connectivity index (χ1n) is 15.4. The van der Waals surface area contributed by atoms with Crippen LogP contribution in [0.4, 0.5) is 5.69 Å². The van der Waals surface area contributed by atoms with Crippen LogP contribution in [0.15, 0.2) is 12.3 Å². The molecule has 0 radical (unpaired) electrons. The zero-order valence-corrected chi connectivity index (χ0v) is 29.4. The second-order valence-electron chi connectivity index (χ2n) is 12.3. The predicted octanol–water partition coefficient (Wildman–Crippen LogP) is 3.45. The van der Waals surface area contributed by atoms with Crippen molar-refractivity contribution in [3.63, 3.8) is 0 Å². The summed E-state index contributed by atoms with van der Waals surface area (Å²) in [5, 5.41) is 35.4. The zero-order chi connectivity index (χ0) is 35.4. The van der Waals surface area contributed by atoms with E-state index in [0.717, 1.165) is 25.7 Å². The fourth-order valence-electron chi connectivity index (χ4n) is 5.29. The van der Waals surface area contributed by atoms with Crippen LogP contribution in [0.25, 0.3) is 11.0 Å². The number of anilines is 1. The van der Waals surface area contributed by atoms with Crippen LogP contribution in [-0.4, -0.2) is 89.3 Å². The molecule has 2 aromatic heterocycles. The van der Waals surface area contributed by atoms with Crippen LogP contribution >= 0.6 is 19.2 Å². The van der Waals surface area contributed by atoms with Crippen LogP contribution in [0.3, 0.4) is 0 Å². The van der Waals surface area contributed by atoms with Crippen LogP contribution in [0.2, 0.25) is 5.15 Å². The first-order valence-corrected chi connectivity index (χ1v) is 19.3. The Morgan fingerprint density at radius 1 is 1.12 bits per heavy atom. The Kier molecular flexibility index (Phi) is 12.5. The number of aliphatic hydroxyl groups is 2. The molecule has 0 bridgehead atoms. The van der Waals surface area contributed by atoms with Crippen LogP contribution in [0.1, 0.15) is 65.2 Å². The summed E-state index contributed by atoms with van der Waals surface area (Å²) in [4.78, 5) is 28.0. The number of hydrogen-bond donors (Lipinski definition) is 3. The van der Waals surface area contributed by atoms with Gasteiger partial charge in [-0.15, -0.1) is 0 Å². The minimum absolute atomic E-state index is 0.0912. The van der Waals surface area contributed by atoms with Gasteiger partial charge in [0.05, 0.1) is 23.3 Å². The van der Waals surface area contributed by atoms with Gasteiger partial charge in [-0.2, -0.15) is 5.26 Å². The maximum Gasteiger partial charge on any atom is 0.351 e. The van der Waals surface area contributed by atoms with Crippen molar-refractivity contribution in [1.29, 1.82) is 5.26 Å². The van der Waals surface area contributed by atoms with E-state index in [1.54, 1.807) is 33.8 Å². The standard InChI is InChI=1S/C29H40ClN4O12PS/c1-16(2)28(37)42-13-44-47(39,45-14-43-29(38)17(3)4)15-48(40,41)12-21-23(35)24(36)27(46-21)34-10-9-19-22(32-18-7-5-6-8-18)20(11-31)25(30)33-26(19)34/h9-10,16-18,21,23-24,27,35-36H,5-8,12-15H2,1-4H3,(H,32,33)/t21-,23-,24-,27?/m1/s1. The highest BCUT2D eigenvalue weighted by atomic mass is 35.5. The van der Waals surface area contributed by atoms with Crippen molar-refractivity contribution >= 4 is 57.7 Å². The second kappa shape index (κ2) is 15.8.